The molecule has 0 saturated heterocycles. The Morgan fingerprint density at radius 3 is 2.48 bits per heavy atom. The minimum atomic E-state index is -0.573. The minimum absolute atomic E-state index is 0.160. The molecule has 0 aliphatic heterocycles. The molecule has 2 aromatic rings. The fourth-order valence-electron chi connectivity index (χ4n) is 2.24. The molecule has 2 aromatic carbocycles. The van der Waals surface area contributed by atoms with E-state index in [1.807, 2.05) is 18.2 Å². The van der Waals surface area contributed by atoms with Crippen LogP contribution in [0.5, 0.6) is 0 Å². The van der Waals surface area contributed by atoms with Crippen molar-refractivity contribution in [3.63, 3.8) is 0 Å². The molecule has 2 amide bonds. The van der Waals surface area contributed by atoms with Crippen LogP contribution < -0.4 is 10.6 Å². The molecule has 0 radical (unpaired) electrons. The fraction of sp³-hybridized carbons (Fsp3) is 0.333. The highest BCUT2D eigenvalue weighted by Crippen LogP contribution is 2.17. The summed E-state index contributed by atoms with van der Waals surface area (Å²) in [7, 11) is 0. The molecule has 144 valence electrons. The number of benzene rings is 2. The average molecular weight is 387 g/mol. The van der Waals surface area contributed by atoms with Crippen molar-refractivity contribution >= 4 is 29.4 Å². The van der Waals surface area contributed by atoms with E-state index in [1.165, 1.54) is 4.90 Å². The largest absolute Gasteiger partial charge is 0.444 e. The summed E-state index contributed by atoms with van der Waals surface area (Å²) in [4.78, 5) is 25.3. The van der Waals surface area contributed by atoms with E-state index in [9.17, 15) is 9.59 Å². The standard InChI is InChI=1S/C21H26N2O3S/c1-21(2,3)26-20(25)23-17-10-7-9-16(15-17)19(24)22-13-8-14-27-18-11-5-4-6-12-18/h4-7,9-12,15H,8,13-14H2,1-3H3,(H,22,24)(H,23,25). The van der Waals surface area contributed by atoms with Gasteiger partial charge in [-0.15, -0.1) is 11.8 Å². The van der Waals surface area contributed by atoms with Gasteiger partial charge in [0.05, 0.1) is 0 Å². The molecule has 5 nitrogen and oxygen atoms in total. The number of thioether (sulfide) groups is 1. The van der Waals surface area contributed by atoms with Gasteiger partial charge in [0.25, 0.3) is 5.91 Å². The SMILES string of the molecule is CC(C)(C)OC(=O)Nc1cccc(C(=O)NCCCSc2ccccc2)c1. The van der Waals surface area contributed by atoms with E-state index >= 15 is 0 Å². The molecule has 0 aliphatic rings. The molecule has 0 saturated carbocycles. The van der Waals surface area contributed by atoms with Crippen molar-refractivity contribution in [3.8, 4) is 0 Å². The van der Waals surface area contributed by atoms with Gasteiger partial charge in [-0.1, -0.05) is 24.3 Å². The second kappa shape index (κ2) is 10.0. The second-order valence-electron chi connectivity index (χ2n) is 6.98. The van der Waals surface area contributed by atoms with Gasteiger partial charge in [0.15, 0.2) is 0 Å². The number of hydrogen-bond donors (Lipinski definition) is 2. The summed E-state index contributed by atoms with van der Waals surface area (Å²) in [6, 6.07) is 17.0. The third kappa shape index (κ3) is 8.17. The Morgan fingerprint density at radius 1 is 1.04 bits per heavy atom. The van der Waals surface area contributed by atoms with E-state index in [0.29, 0.717) is 17.8 Å². The fourth-order valence-corrected chi connectivity index (χ4v) is 3.12. The Hall–Kier alpha value is -2.47. The van der Waals surface area contributed by atoms with E-state index in [0.717, 1.165) is 12.2 Å². The summed E-state index contributed by atoms with van der Waals surface area (Å²) in [5.41, 5.74) is 0.451. The average Bonchev–Trinajstić information content (AvgIpc) is 2.60. The molecule has 27 heavy (non-hydrogen) atoms. The van der Waals surface area contributed by atoms with Crippen molar-refractivity contribution in [3.05, 3.63) is 60.2 Å². The predicted octanol–water partition coefficient (Wildman–Crippen LogP) is 4.95. The molecule has 0 bridgehead atoms. The van der Waals surface area contributed by atoms with Gasteiger partial charge in [0, 0.05) is 22.7 Å². The number of ether oxygens (including phenoxy) is 1. The van der Waals surface area contributed by atoms with Gasteiger partial charge < -0.3 is 10.1 Å². The maximum absolute atomic E-state index is 12.3. The van der Waals surface area contributed by atoms with Crippen LogP contribution in [0.2, 0.25) is 0 Å². The van der Waals surface area contributed by atoms with E-state index in [-0.39, 0.29) is 5.91 Å². The van der Waals surface area contributed by atoms with Crippen molar-refractivity contribution < 1.29 is 14.3 Å². The van der Waals surface area contributed by atoms with Gasteiger partial charge in [-0.3, -0.25) is 10.1 Å². The minimum Gasteiger partial charge on any atom is -0.444 e. The maximum atomic E-state index is 12.3. The third-order valence-corrected chi connectivity index (χ3v) is 4.49. The molecule has 0 spiro atoms. The van der Waals surface area contributed by atoms with Crippen LogP contribution in [0.4, 0.5) is 10.5 Å². The molecule has 0 unspecified atom stereocenters. The zero-order valence-corrected chi connectivity index (χ0v) is 16.8. The highest BCUT2D eigenvalue weighted by Gasteiger charge is 2.16. The van der Waals surface area contributed by atoms with E-state index in [1.54, 1.807) is 56.8 Å². The van der Waals surface area contributed by atoms with Crippen LogP contribution in [0.1, 0.15) is 37.6 Å². The van der Waals surface area contributed by atoms with E-state index in [4.69, 9.17) is 4.74 Å². The first kappa shape index (κ1) is 20.8. The molecule has 2 rings (SSSR count). The lowest BCUT2D eigenvalue weighted by Crippen LogP contribution is -2.27. The summed E-state index contributed by atoms with van der Waals surface area (Å²) in [5.74, 6) is 0.775. The highest BCUT2D eigenvalue weighted by atomic mass is 32.2. The lowest BCUT2D eigenvalue weighted by Gasteiger charge is -2.19. The lowest BCUT2D eigenvalue weighted by molar-refractivity contribution is 0.0635. The number of hydrogen-bond acceptors (Lipinski definition) is 4. The number of rotatable bonds is 7. The maximum Gasteiger partial charge on any atom is 0.412 e. The Bertz CT molecular complexity index is 758. The zero-order chi connectivity index (χ0) is 19.7. The molecular formula is C21H26N2O3S. The number of amides is 2. The van der Waals surface area contributed by atoms with Gasteiger partial charge in [-0.25, -0.2) is 4.79 Å². The van der Waals surface area contributed by atoms with Crippen LogP contribution in [0.15, 0.2) is 59.5 Å². The summed E-state index contributed by atoms with van der Waals surface area (Å²) in [5, 5.41) is 5.55. The quantitative estimate of drug-likeness (QED) is 0.522. The Morgan fingerprint density at radius 2 is 1.78 bits per heavy atom. The first-order valence-corrected chi connectivity index (χ1v) is 9.88. The van der Waals surface area contributed by atoms with Gasteiger partial charge in [-0.05, 0) is 63.3 Å². The van der Waals surface area contributed by atoms with Crippen LogP contribution in [0.25, 0.3) is 0 Å². The summed E-state index contributed by atoms with van der Waals surface area (Å²) in [6.07, 6.45) is 0.333. The monoisotopic (exact) mass is 386 g/mol. The molecular weight excluding hydrogens is 360 g/mol. The molecule has 0 aliphatic carbocycles. The van der Waals surface area contributed by atoms with Gasteiger partial charge in [0.1, 0.15) is 5.60 Å². The van der Waals surface area contributed by atoms with Gasteiger partial charge in [0.2, 0.25) is 0 Å². The highest BCUT2D eigenvalue weighted by molar-refractivity contribution is 7.99. The normalized spacial score (nSPS) is 10.9. The van der Waals surface area contributed by atoms with E-state index < -0.39 is 11.7 Å². The number of nitrogens with one attached hydrogen (secondary N) is 2. The zero-order valence-electron chi connectivity index (χ0n) is 16.0. The Labute approximate surface area is 164 Å². The van der Waals surface area contributed by atoms with Crippen LogP contribution in [0.3, 0.4) is 0 Å². The van der Waals surface area contributed by atoms with Crippen molar-refractivity contribution in [2.24, 2.45) is 0 Å². The van der Waals surface area contributed by atoms with Crippen LogP contribution >= 0.6 is 11.8 Å². The lowest BCUT2D eigenvalue weighted by atomic mass is 10.2. The molecule has 0 fully saturated rings. The number of carbonyl (C=O) groups excluding carboxylic acids is 2. The summed E-state index contributed by atoms with van der Waals surface area (Å²) in [6.45, 7) is 5.99. The molecule has 0 heterocycles. The van der Waals surface area contributed by atoms with Gasteiger partial charge >= 0.3 is 6.09 Å². The van der Waals surface area contributed by atoms with E-state index in [2.05, 4.69) is 22.8 Å². The van der Waals surface area contributed by atoms with Crippen LogP contribution in [-0.4, -0.2) is 29.9 Å². The smallest absolute Gasteiger partial charge is 0.412 e. The third-order valence-electron chi connectivity index (χ3n) is 3.39. The Kier molecular flexibility index (Phi) is 7.73. The second-order valence-corrected chi connectivity index (χ2v) is 8.15. The van der Waals surface area contributed by atoms with Crippen LogP contribution in [-0.2, 0) is 4.74 Å². The number of carbonyl (C=O) groups is 2. The molecule has 0 atom stereocenters. The number of anilines is 1. The topological polar surface area (TPSA) is 67.4 Å². The van der Waals surface area contributed by atoms with Crippen molar-refractivity contribution in [2.45, 2.75) is 37.7 Å². The van der Waals surface area contributed by atoms with Crippen molar-refractivity contribution in [1.82, 2.24) is 5.32 Å². The predicted molar refractivity (Wildman–Crippen MR) is 110 cm³/mol. The summed E-state index contributed by atoms with van der Waals surface area (Å²) >= 11 is 1.77. The van der Waals surface area contributed by atoms with Crippen molar-refractivity contribution in [2.75, 3.05) is 17.6 Å². The first-order valence-electron chi connectivity index (χ1n) is 8.89. The van der Waals surface area contributed by atoms with Crippen LogP contribution in [0, 0.1) is 0 Å². The summed E-state index contributed by atoms with van der Waals surface area (Å²) < 4.78 is 5.22. The first-order chi connectivity index (χ1) is 12.8. The van der Waals surface area contributed by atoms with Crippen molar-refractivity contribution in [1.29, 1.82) is 0 Å². The molecule has 2 N–H and O–H groups in total. The molecule has 0 aromatic heterocycles. The van der Waals surface area contributed by atoms with Gasteiger partial charge in [-0.2, -0.15) is 0 Å². The Balaban J connectivity index is 1.76. The molecule has 6 heteroatoms.